The van der Waals surface area contributed by atoms with E-state index in [1.54, 1.807) is 72.6 Å². The van der Waals surface area contributed by atoms with Crippen molar-refractivity contribution in [2.45, 2.75) is 6.16 Å². The fourth-order valence-electron chi connectivity index (χ4n) is 3.38. The summed E-state index contributed by atoms with van der Waals surface area (Å²) in [5.41, 5.74) is 3.69. The average Bonchev–Trinajstić information content (AvgIpc) is 3.03. The van der Waals surface area contributed by atoms with E-state index in [0.717, 1.165) is 22.4 Å². The Labute approximate surface area is 191 Å². The molecule has 2 heterocycles. The fourth-order valence-corrected chi connectivity index (χ4v) is 4.92. The molecule has 3 aromatic rings. The minimum atomic E-state index is -3.19. The smallest absolute Gasteiger partial charge is 0.323 e. The van der Waals surface area contributed by atoms with Crippen molar-refractivity contribution in [1.82, 2.24) is 9.78 Å². The number of hydrogen-bond donors (Lipinski definition) is 1. The van der Waals surface area contributed by atoms with Crippen LogP contribution < -0.4 is 5.32 Å². The Morgan fingerprint density at radius 3 is 2.45 bits per heavy atom. The molecule has 9 heteroatoms. The highest BCUT2D eigenvalue weighted by atomic mass is 31.2. The molecule has 1 aromatic heterocycles. The number of carbonyl (C=O) groups excluding carboxylic acids is 1. The van der Waals surface area contributed by atoms with Gasteiger partial charge in [0, 0.05) is 29.9 Å². The quantitative estimate of drug-likeness (QED) is 0.307. The van der Waals surface area contributed by atoms with Crippen LogP contribution in [0.25, 0.3) is 17.3 Å². The zero-order valence-corrected chi connectivity index (χ0v) is 18.9. The highest BCUT2D eigenvalue weighted by molar-refractivity contribution is 7.53. The summed E-state index contributed by atoms with van der Waals surface area (Å²) in [5, 5.41) is 7.03. The van der Waals surface area contributed by atoms with Crippen LogP contribution in [0.1, 0.15) is 11.1 Å². The number of benzene rings is 2. The highest BCUT2D eigenvalue weighted by Gasteiger charge is 2.25. The number of rotatable bonds is 6. The van der Waals surface area contributed by atoms with E-state index in [4.69, 9.17) is 9.05 Å². The predicted molar refractivity (Wildman–Crippen MR) is 125 cm³/mol. The molecule has 0 atom stereocenters. The second-order valence-corrected chi connectivity index (χ2v) is 9.48. The lowest BCUT2D eigenvalue weighted by Crippen LogP contribution is -2.07. The highest BCUT2D eigenvalue weighted by Crippen LogP contribution is 2.52. The Balaban J connectivity index is 1.39. The summed E-state index contributed by atoms with van der Waals surface area (Å²) >= 11 is 0. The van der Waals surface area contributed by atoms with Gasteiger partial charge in [-0.05, 0) is 48.0 Å². The van der Waals surface area contributed by atoms with Gasteiger partial charge >= 0.3 is 7.60 Å². The van der Waals surface area contributed by atoms with Crippen LogP contribution in [0.5, 0.6) is 0 Å². The van der Waals surface area contributed by atoms with Gasteiger partial charge in [0.05, 0.1) is 31.3 Å². The van der Waals surface area contributed by atoms with E-state index >= 15 is 0 Å². The van der Waals surface area contributed by atoms with E-state index in [1.807, 2.05) is 0 Å². The first-order valence-corrected chi connectivity index (χ1v) is 12.0. The third kappa shape index (κ3) is 5.93. The van der Waals surface area contributed by atoms with Crippen LogP contribution in [0.3, 0.4) is 0 Å². The number of nitrogens with zero attached hydrogens (tertiary/aromatic N) is 2. The first-order chi connectivity index (χ1) is 15.9. The minimum Gasteiger partial charge on any atom is -0.323 e. The normalized spacial score (nSPS) is 15.5. The second kappa shape index (κ2) is 10.1. The van der Waals surface area contributed by atoms with Crippen molar-refractivity contribution in [3.63, 3.8) is 0 Å². The number of aryl methyl sites for hydroxylation is 1. The van der Waals surface area contributed by atoms with Crippen LogP contribution in [-0.4, -0.2) is 28.9 Å². The van der Waals surface area contributed by atoms with Gasteiger partial charge in [0.25, 0.3) is 0 Å². The van der Waals surface area contributed by atoms with E-state index in [2.05, 4.69) is 10.4 Å². The molecule has 0 saturated heterocycles. The molecule has 0 radical (unpaired) electrons. The third-order valence-electron chi connectivity index (χ3n) is 5.00. The molecular formula is C24H23FN3O4P. The molecule has 0 spiro atoms. The van der Waals surface area contributed by atoms with Gasteiger partial charge in [0.2, 0.25) is 5.91 Å². The Morgan fingerprint density at radius 2 is 1.79 bits per heavy atom. The number of nitrogens with one attached hydrogen (secondary N) is 1. The summed E-state index contributed by atoms with van der Waals surface area (Å²) in [5.74, 6) is -0.632. The number of halogens is 1. The van der Waals surface area contributed by atoms with Gasteiger partial charge in [-0.1, -0.05) is 24.3 Å². The summed E-state index contributed by atoms with van der Waals surface area (Å²) in [6.45, 7) is 0.523. The molecule has 1 N–H and O–H groups in total. The Kier molecular flexibility index (Phi) is 6.99. The van der Waals surface area contributed by atoms with Crippen molar-refractivity contribution in [2.24, 2.45) is 7.05 Å². The first-order valence-electron chi connectivity index (χ1n) is 10.3. The van der Waals surface area contributed by atoms with Crippen LogP contribution in [0.2, 0.25) is 0 Å². The van der Waals surface area contributed by atoms with Gasteiger partial charge < -0.3 is 14.4 Å². The van der Waals surface area contributed by atoms with Gasteiger partial charge in [-0.25, -0.2) is 4.39 Å². The van der Waals surface area contributed by atoms with Gasteiger partial charge in [0.1, 0.15) is 5.82 Å². The lowest BCUT2D eigenvalue weighted by molar-refractivity contribution is -0.111. The Hall–Kier alpha value is -3.32. The topological polar surface area (TPSA) is 82.5 Å². The van der Waals surface area contributed by atoms with Crippen LogP contribution in [-0.2, 0) is 31.6 Å². The zero-order valence-electron chi connectivity index (χ0n) is 18.0. The largest absolute Gasteiger partial charge is 0.335 e. The molecule has 0 unspecified atom stereocenters. The lowest BCUT2D eigenvalue weighted by atomic mass is 10.1. The average molecular weight is 467 g/mol. The fraction of sp³-hybridized carbons (Fsp3) is 0.167. The molecule has 1 aliphatic rings. The van der Waals surface area contributed by atoms with Crippen molar-refractivity contribution in [1.29, 1.82) is 0 Å². The molecule has 0 saturated carbocycles. The molecule has 2 aromatic carbocycles. The van der Waals surface area contributed by atoms with Crippen LogP contribution in [0.4, 0.5) is 10.1 Å². The van der Waals surface area contributed by atoms with Crippen molar-refractivity contribution < 1.29 is 22.8 Å². The molecule has 1 amide bonds. The van der Waals surface area contributed by atoms with Gasteiger partial charge in [-0.3, -0.25) is 14.0 Å². The van der Waals surface area contributed by atoms with Crippen molar-refractivity contribution in [3.8, 4) is 11.3 Å². The zero-order chi connectivity index (χ0) is 23.3. The first kappa shape index (κ1) is 22.9. The summed E-state index contributed by atoms with van der Waals surface area (Å²) in [7, 11) is -1.40. The molecule has 0 aliphatic carbocycles. The summed E-state index contributed by atoms with van der Waals surface area (Å²) in [4.78, 5) is 12.4. The second-order valence-electron chi connectivity index (χ2n) is 7.43. The Morgan fingerprint density at radius 1 is 1.12 bits per heavy atom. The number of hydrogen-bond acceptors (Lipinski definition) is 5. The standard InChI is InChI=1S/C24H23FN3O4P/c1-28-24(19-6-9-21(25)10-7-19)20(16-26-28)8-13-23(29)27-22-11-4-18(5-12-22)17-33(30)31-14-2-3-15-32-33/h2-13,16H,14-15,17H2,1H3,(H,27,29)/b13-8+. The summed E-state index contributed by atoms with van der Waals surface area (Å²) < 4.78 is 38.3. The maximum atomic E-state index is 13.2. The van der Waals surface area contributed by atoms with Crippen molar-refractivity contribution in [2.75, 3.05) is 18.5 Å². The summed E-state index contributed by atoms with van der Waals surface area (Å²) in [6, 6.07) is 13.1. The minimum absolute atomic E-state index is 0.163. The molecular weight excluding hydrogens is 444 g/mol. The lowest BCUT2D eigenvalue weighted by Gasteiger charge is -2.15. The maximum Gasteiger partial charge on any atom is 0.335 e. The third-order valence-corrected chi connectivity index (χ3v) is 6.84. The van der Waals surface area contributed by atoms with Crippen LogP contribution in [0.15, 0.2) is 73.0 Å². The van der Waals surface area contributed by atoms with E-state index in [9.17, 15) is 13.8 Å². The number of aromatic nitrogens is 2. The molecule has 1 aliphatic heterocycles. The number of carbonyl (C=O) groups is 1. The molecule has 0 bridgehead atoms. The number of anilines is 1. The van der Waals surface area contributed by atoms with Gasteiger partial charge in [-0.15, -0.1) is 0 Å². The van der Waals surface area contributed by atoms with Crippen LogP contribution in [0, 0.1) is 5.82 Å². The predicted octanol–water partition coefficient (Wildman–Crippen LogP) is 5.17. The van der Waals surface area contributed by atoms with Gasteiger partial charge in [-0.2, -0.15) is 5.10 Å². The Bertz CT molecular complexity index is 1220. The maximum absolute atomic E-state index is 13.2. The van der Waals surface area contributed by atoms with Gasteiger partial charge in [0.15, 0.2) is 0 Å². The molecule has 170 valence electrons. The number of amides is 1. The van der Waals surface area contributed by atoms with Crippen molar-refractivity contribution in [3.05, 3.63) is 89.9 Å². The SMILES string of the molecule is Cn1ncc(/C=C/C(=O)Nc2ccc(CP3(=O)OCC=CCO3)cc2)c1-c1ccc(F)cc1. The van der Waals surface area contributed by atoms with E-state index in [-0.39, 0.29) is 31.1 Å². The van der Waals surface area contributed by atoms with E-state index in [0.29, 0.717) is 5.69 Å². The molecule has 0 fully saturated rings. The molecule has 7 nitrogen and oxygen atoms in total. The monoisotopic (exact) mass is 467 g/mol. The van der Waals surface area contributed by atoms with Crippen molar-refractivity contribution >= 4 is 25.3 Å². The van der Waals surface area contributed by atoms with E-state index < -0.39 is 7.60 Å². The van der Waals surface area contributed by atoms with E-state index in [1.165, 1.54) is 18.2 Å². The summed E-state index contributed by atoms with van der Waals surface area (Å²) in [6.07, 6.45) is 8.44. The van der Waals surface area contributed by atoms with Crippen LogP contribution >= 0.6 is 7.60 Å². The molecule has 4 rings (SSSR count). The molecule has 33 heavy (non-hydrogen) atoms.